The van der Waals surface area contributed by atoms with Crippen molar-refractivity contribution in [1.82, 2.24) is 9.78 Å². The molecule has 0 aliphatic rings. The van der Waals surface area contributed by atoms with Crippen LogP contribution in [0.4, 0.5) is 4.39 Å². The van der Waals surface area contributed by atoms with E-state index in [1.165, 1.54) is 0 Å². The number of rotatable bonds is 1. The van der Waals surface area contributed by atoms with E-state index in [4.69, 9.17) is 11.6 Å². The summed E-state index contributed by atoms with van der Waals surface area (Å²) in [6.45, 7) is 0. The molecule has 0 saturated heterocycles. The SMILES string of the molecule is Cn1ncc(I)c1-c1c(F)c(Cl)c2ccccc2c1C#N. The zero-order valence-electron chi connectivity index (χ0n) is 10.9. The molecule has 3 rings (SSSR count). The van der Waals surface area contributed by atoms with Gasteiger partial charge in [0.2, 0.25) is 0 Å². The topological polar surface area (TPSA) is 41.6 Å². The molecular formula is C15H8ClFIN3. The molecular weight excluding hydrogens is 404 g/mol. The number of hydrogen-bond acceptors (Lipinski definition) is 2. The quantitative estimate of drug-likeness (QED) is 0.553. The molecule has 3 nitrogen and oxygen atoms in total. The lowest BCUT2D eigenvalue weighted by Gasteiger charge is -2.12. The van der Waals surface area contributed by atoms with Crippen LogP contribution in [0.2, 0.25) is 5.02 Å². The Kier molecular flexibility index (Phi) is 3.59. The molecule has 1 heterocycles. The van der Waals surface area contributed by atoms with Crippen LogP contribution < -0.4 is 0 Å². The number of nitriles is 1. The number of halogens is 3. The highest BCUT2D eigenvalue weighted by Gasteiger charge is 2.23. The van der Waals surface area contributed by atoms with E-state index in [0.717, 1.165) is 3.57 Å². The monoisotopic (exact) mass is 411 g/mol. The molecule has 21 heavy (non-hydrogen) atoms. The van der Waals surface area contributed by atoms with Gasteiger partial charge in [-0.15, -0.1) is 0 Å². The van der Waals surface area contributed by atoms with Gasteiger partial charge in [-0.1, -0.05) is 35.9 Å². The Labute approximate surface area is 139 Å². The van der Waals surface area contributed by atoms with E-state index in [2.05, 4.69) is 33.8 Å². The van der Waals surface area contributed by atoms with Gasteiger partial charge in [0.05, 0.1) is 31.6 Å². The predicted molar refractivity (Wildman–Crippen MR) is 88.6 cm³/mol. The summed E-state index contributed by atoms with van der Waals surface area (Å²) < 4.78 is 17.1. The summed E-state index contributed by atoms with van der Waals surface area (Å²) in [6.07, 6.45) is 1.62. The maximum absolute atomic E-state index is 14.8. The van der Waals surface area contributed by atoms with Gasteiger partial charge >= 0.3 is 0 Å². The first-order valence-corrected chi connectivity index (χ1v) is 7.49. The van der Waals surface area contributed by atoms with Crippen LogP contribution in [0.15, 0.2) is 30.5 Å². The van der Waals surface area contributed by atoms with Gasteiger partial charge in [-0.2, -0.15) is 10.4 Å². The first-order chi connectivity index (χ1) is 10.1. The molecule has 104 valence electrons. The third kappa shape index (κ3) is 2.10. The van der Waals surface area contributed by atoms with Crippen LogP contribution in [0.3, 0.4) is 0 Å². The van der Waals surface area contributed by atoms with Crippen LogP contribution in [0.5, 0.6) is 0 Å². The minimum Gasteiger partial charge on any atom is -0.267 e. The highest BCUT2D eigenvalue weighted by molar-refractivity contribution is 14.1. The van der Waals surface area contributed by atoms with Crippen molar-refractivity contribution in [3.05, 3.63) is 50.4 Å². The maximum Gasteiger partial charge on any atom is 0.153 e. The third-order valence-electron chi connectivity index (χ3n) is 3.34. The summed E-state index contributed by atoms with van der Waals surface area (Å²) in [4.78, 5) is 0. The average molecular weight is 412 g/mol. The predicted octanol–water partition coefficient (Wildman–Crippen LogP) is 4.51. The molecule has 0 radical (unpaired) electrons. The van der Waals surface area contributed by atoms with Crippen LogP contribution in [0.1, 0.15) is 5.56 Å². The molecule has 0 bridgehead atoms. The van der Waals surface area contributed by atoms with E-state index in [1.807, 2.05) is 0 Å². The summed E-state index contributed by atoms with van der Waals surface area (Å²) in [5.74, 6) is -0.589. The lowest BCUT2D eigenvalue weighted by Crippen LogP contribution is -2.01. The van der Waals surface area contributed by atoms with Crippen molar-refractivity contribution in [3.8, 4) is 17.3 Å². The Morgan fingerprint density at radius 3 is 2.57 bits per heavy atom. The Morgan fingerprint density at radius 2 is 2.00 bits per heavy atom. The summed E-state index contributed by atoms with van der Waals surface area (Å²) >= 11 is 8.23. The molecule has 0 aliphatic carbocycles. The number of benzene rings is 2. The Morgan fingerprint density at radius 1 is 1.33 bits per heavy atom. The molecule has 0 saturated carbocycles. The first kappa shape index (κ1) is 14.3. The van der Waals surface area contributed by atoms with Gasteiger partial charge in [-0.05, 0) is 22.6 Å². The van der Waals surface area contributed by atoms with Gasteiger partial charge in [0, 0.05) is 17.8 Å². The first-order valence-electron chi connectivity index (χ1n) is 6.04. The number of hydrogen-bond donors (Lipinski definition) is 0. The van der Waals surface area contributed by atoms with Gasteiger partial charge in [0.1, 0.15) is 6.07 Å². The minimum absolute atomic E-state index is 0.0246. The summed E-state index contributed by atoms with van der Waals surface area (Å²) in [7, 11) is 1.71. The number of aryl methyl sites for hydroxylation is 1. The van der Waals surface area contributed by atoms with E-state index < -0.39 is 5.82 Å². The summed E-state index contributed by atoms with van der Waals surface area (Å²) in [5.41, 5.74) is 1.02. The molecule has 6 heteroatoms. The van der Waals surface area contributed by atoms with E-state index in [9.17, 15) is 9.65 Å². The van der Waals surface area contributed by atoms with Gasteiger partial charge < -0.3 is 0 Å². The Bertz CT molecular complexity index is 892. The van der Waals surface area contributed by atoms with Crippen LogP contribution in [-0.4, -0.2) is 9.78 Å². The normalized spacial score (nSPS) is 10.8. The summed E-state index contributed by atoms with van der Waals surface area (Å²) in [5, 5.41) is 14.8. The smallest absolute Gasteiger partial charge is 0.153 e. The highest BCUT2D eigenvalue weighted by Crippen LogP contribution is 2.39. The molecule has 0 amide bonds. The lowest BCUT2D eigenvalue weighted by atomic mass is 9.97. The van der Waals surface area contributed by atoms with Gasteiger partial charge in [-0.25, -0.2) is 4.39 Å². The fourth-order valence-corrected chi connectivity index (χ4v) is 3.40. The fourth-order valence-electron chi connectivity index (χ4n) is 2.40. The average Bonchev–Trinajstić information content (AvgIpc) is 2.82. The van der Waals surface area contributed by atoms with Crippen molar-refractivity contribution in [3.63, 3.8) is 0 Å². The largest absolute Gasteiger partial charge is 0.267 e. The Balaban J connectivity index is 2.55. The number of nitrogens with zero attached hydrogens (tertiary/aromatic N) is 3. The van der Waals surface area contributed by atoms with Crippen molar-refractivity contribution >= 4 is 45.0 Å². The molecule has 0 unspecified atom stereocenters. The molecule has 0 fully saturated rings. The lowest BCUT2D eigenvalue weighted by molar-refractivity contribution is 0.629. The molecule has 0 aliphatic heterocycles. The second-order valence-corrected chi connectivity index (χ2v) is 6.04. The zero-order valence-corrected chi connectivity index (χ0v) is 13.8. The van der Waals surface area contributed by atoms with Crippen LogP contribution >= 0.6 is 34.2 Å². The molecule has 0 atom stereocenters. The minimum atomic E-state index is -0.589. The van der Waals surface area contributed by atoms with Gasteiger partial charge in [0.15, 0.2) is 5.82 Å². The van der Waals surface area contributed by atoms with Gasteiger partial charge in [-0.3, -0.25) is 4.68 Å². The Hall–Kier alpha value is -1.65. The second kappa shape index (κ2) is 5.28. The van der Waals surface area contributed by atoms with Crippen molar-refractivity contribution < 1.29 is 4.39 Å². The van der Waals surface area contributed by atoms with E-state index in [-0.39, 0.29) is 16.1 Å². The second-order valence-electron chi connectivity index (χ2n) is 4.50. The summed E-state index contributed by atoms with van der Waals surface area (Å²) in [6, 6.07) is 9.15. The van der Waals surface area contributed by atoms with Crippen LogP contribution in [-0.2, 0) is 7.05 Å². The number of fused-ring (bicyclic) bond motifs is 1. The van der Waals surface area contributed by atoms with Crippen LogP contribution in [0, 0.1) is 20.7 Å². The highest BCUT2D eigenvalue weighted by atomic mass is 127. The maximum atomic E-state index is 14.8. The fraction of sp³-hybridized carbons (Fsp3) is 0.0667. The van der Waals surface area contributed by atoms with E-state index >= 15 is 0 Å². The van der Waals surface area contributed by atoms with Crippen molar-refractivity contribution in [2.45, 2.75) is 0 Å². The molecule has 3 aromatic rings. The van der Waals surface area contributed by atoms with E-state index in [0.29, 0.717) is 16.5 Å². The standard InChI is InChI=1S/C15H8ClFIN3/c1-21-15(11(18)7-20-21)12-10(6-19)8-4-2-3-5-9(8)13(16)14(12)17/h2-5,7H,1H3. The van der Waals surface area contributed by atoms with Gasteiger partial charge in [0.25, 0.3) is 0 Å². The molecule has 1 aromatic heterocycles. The number of aromatic nitrogens is 2. The van der Waals surface area contributed by atoms with Crippen LogP contribution in [0.25, 0.3) is 22.0 Å². The van der Waals surface area contributed by atoms with Crippen molar-refractivity contribution in [1.29, 1.82) is 5.26 Å². The molecule has 2 aromatic carbocycles. The molecule has 0 N–H and O–H groups in total. The third-order valence-corrected chi connectivity index (χ3v) is 4.50. The van der Waals surface area contributed by atoms with Crippen molar-refractivity contribution in [2.24, 2.45) is 7.05 Å². The zero-order chi connectivity index (χ0) is 15.1. The van der Waals surface area contributed by atoms with E-state index in [1.54, 1.807) is 42.2 Å². The molecule has 0 spiro atoms. The van der Waals surface area contributed by atoms with Crippen molar-refractivity contribution in [2.75, 3.05) is 0 Å².